The molecule has 176 valence electrons. The van der Waals surface area contributed by atoms with Crippen molar-refractivity contribution in [3.8, 4) is 22.3 Å². The zero-order valence-corrected chi connectivity index (χ0v) is 20.2. The smallest absolute Gasteiger partial charge is 0.0622 e. The minimum absolute atomic E-state index is 0.216. The first-order valence-corrected chi connectivity index (χ1v) is 12.5. The number of hydrogen-bond donors (Lipinski definition) is 0. The van der Waals surface area contributed by atoms with Gasteiger partial charge in [-0.3, -0.25) is 0 Å². The standard InChI is InChI=1S/C38H24/c1-2-11-26(12-3-1)37-32-14-6-8-16-34(32)38(35-17-9-7-15-33(35)37)29-22-23-31-28(24-29)21-20-27-19-18-25-10-4-5-13-30(25)36(27)31/h1-24H/i6D,7D,8D,9D,14D,15D,16D,17D. The Morgan fingerprint density at radius 3 is 1.58 bits per heavy atom. The Morgan fingerprint density at radius 1 is 0.368 bits per heavy atom. The maximum Gasteiger partial charge on any atom is 0.0629 e. The van der Waals surface area contributed by atoms with E-state index in [4.69, 9.17) is 11.0 Å². The molecule has 0 radical (unpaired) electrons. The molecule has 0 aliphatic carbocycles. The SMILES string of the molecule is [2H]c1c([2H])c([2H])c2c(-c3ccc4c(ccc5ccc6ccccc6c54)c3)c3c([2H])c([2H])c([2H])c([2H])c3c(-c3ccccc3)c2c1[2H]. The minimum atomic E-state index is -0.406. The molecule has 0 nitrogen and oxygen atoms in total. The molecule has 0 amide bonds. The lowest BCUT2D eigenvalue weighted by atomic mass is 9.85. The van der Waals surface area contributed by atoms with E-state index >= 15 is 0 Å². The van der Waals surface area contributed by atoms with E-state index in [0.717, 1.165) is 32.3 Å². The molecule has 0 saturated carbocycles. The van der Waals surface area contributed by atoms with Crippen LogP contribution < -0.4 is 0 Å². The van der Waals surface area contributed by atoms with Crippen molar-refractivity contribution >= 4 is 53.9 Å². The first-order chi connectivity index (χ1) is 22.2. The summed E-state index contributed by atoms with van der Waals surface area (Å²) in [5.74, 6) is 0. The van der Waals surface area contributed by atoms with E-state index in [1.54, 1.807) is 24.3 Å². The normalized spacial score (nSPS) is 14.6. The van der Waals surface area contributed by atoms with Crippen molar-refractivity contribution in [2.24, 2.45) is 0 Å². The summed E-state index contributed by atoms with van der Waals surface area (Å²) in [5, 5.41) is 7.19. The predicted octanol–water partition coefficient (Wildman–Crippen LogP) is 10.8. The van der Waals surface area contributed by atoms with Gasteiger partial charge in [0.05, 0.1) is 11.0 Å². The van der Waals surface area contributed by atoms with Gasteiger partial charge in [0.2, 0.25) is 0 Å². The third kappa shape index (κ3) is 3.11. The van der Waals surface area contributed by atoms with Crippen LogP contribution in [-0.2, 0) is 0 Å². The second-order valence-corrected chi connectivity index (χ2v) is 9.50. The van der Waals surface area contributed by atoms with E-state index in [2.05, 4.69) is 30.3 Å². The van der Waals surface area contributed by atoms with Crippen molar-refractivity contribution < 1.29 is 11.0 Å². The highest BCUT2D eigenvalue weighted by molar-refractivity contribution is 6.23. The van der Waals surface area contributed by atoms with Gasteiger partial charge in [-0.05, 0) is 82.2 Å². The Morgan fingerprint density at radius 2 is 0.895 bits per heavy atom. The van der Waals surface area contributed by atoms with E-state index in [1.165, 1.54) is 0 Å². The molecule has 0 aliphatic rings. The first-order valence-electron chi connectivity index (χ1n) is 16.5. The monoisotopic (exact) mass is 488 g/mol. The fourth-order valence-corrected chi connectivity index (χ4v) is 5.80. The van der Waals surface area contributed by atoms with Crippen molar-refractivity contribution in [3.63, 3.8) is 0 Å². The van der Waals surface area contributed by atoms with Crippen molar-refractivity contribution in [2.45, 2.75) is 0 Å². The highest BCUT2D eigenvalue weighted by Gasteiger charge is 2.16. The molecule has 0 fully saturated rings. The average molecular weight is 489 g/mol. The third-order valence-corrected chi connectivity index (χ3v) is 7.45. The van der Waals surface area contributed by atoms with Gasteiger partial charge in [0.15, 0.2) is 0 Å². The number of benzene rings is 8. The molecule has 0 unspecified atom stereocenters. The topological polar surface area (TPSA) is 0 Å². The molecular weight excluding hydrogens is 456 g/mol. The van der Waals surface area contributed by atoms with Gasteiger partial charge in [-0.1, -0.05) is 139 Å². The second-order valence-electron chi connectivity index (χ2n) is 9.50. The van der Waals surface area contributed by atoms with Crippen LogP contribution in [0.25, 0.3) is 76.1 Å². The van der Waals surface area contributed by atoms with E-state index < -0.39 is 24.2 Å². The van der Waals surface area contributed by atoms with Crippen LogP contribution in [0.4, 0.5) is 0 Å². The number of rotatable bonds is 2. The molecule has 0 aromatic heterocycles. The van der Waals surface area contributed by atoms with E-state index in [9.17, 15) is 0 Å². The molecule has 8 rings (SSSR count). The Labute approximate surface area is 232 Å². The summed E-state index contributed by atoms with van der Waals surface area (Å²) >= 11 is 0. The van der Waals surface area contributed by atoms with E-state index in [0.29, 0.717) is 22.3 Å². The van der Waals surface area contributed by atoms with Crippen LogP contribution in [0.2, 0.25) is 0 Å². The summed E-state index contributed by atoms with van der Waals surface area (Å²) in [7, 11) is 0. The molecule has 38 heavy (non-hydrogen) atoms. The molecule has 8 aromatic rings. The number of fused-ring (bicyclic) bond motifs is 7. The summed E-state index contributed by atoms with van der Waals surface area (Å²) in [5.41, 5.74) is 1.89. The quantitative estimate of drug-likeness (QED) is 0.168. The van der Waals surface area contributed by atoms with E-state index in [-0.39, 0.29) is 45.7 Å². The minimum Gasteiger partial charge on any atom is -0.0622 e. The fraction of sp³-hybridized carbons (Fsp3) is 0. The Bertz CT molecular complexity index is 2530. The highest BCUT2D eigenvalue weighted by Crippen LogP contribution is 2.44. The zero-order chi connectivity index (χ0) is 32.0. The summed E-state index contributed by atoms with van der Waals surface area (Å²) in [6.45, 7) is 0. The molecule has 0 atom stereocenters. The summed E-state index contributed by atoms with van der Waals surface area (Å²) < 4.78 is 70.9. The van der Waals surface area contributed by atoms with Crippen molar-refractivity contribution in [1.29, 1.82) is 0 Å². The van der Waals surface area contributed by atoms with Crippen LogP contribution in [0.15, 0.2) is 145 Å². The maximum atomic E-state index is 9.15. The summed E-state index contributed by atoms with van der Waals surface area (Å²) in [4.78, 5) is 0. The average Bonchev–Trinajstić information content (AvgIpc) is 3.09. The van der Waals surface area contributed by atoms with Crippen LogP contribution in [0.5, 0.6) is 0 Å². The Balaban J connectivity index is 1.62. The third-order valence-electron chi connectivity index (χ3n) is 7.45. The van der Waals surface area contributed by atoms with Gasteiger partial charge in [0.1, 0.15) is 0 Å². The van der Waals surface area contributed by atoms with E-state index in [1.807, 2.05) is 42.5 Å². The lowest BCUT2D eigenvalue weighted by Crippen LogP contribution is -1.91. The predicted molar refractivity (Wildman–Crippen MR) is 165 cm³/mol. The second kappa shape index (κ2) is 8.30. The van der Waals surface area contributed by atoms with Gasteiger partial charge in [0, 0.05) is 0 Å². The summed E-state index contributed by atoms with van der Waals surface area (Å²) in [6, 6.07) is 28.7. The van der Waals surface area contributed by atoms with Crippen LogP contribution in [0.1, 0.15) is 11.0 Å². The van der Waals surface area contributed by atoms with Crippen LogP contribution >= 0.6 is 0 Å². The molecular formula is C38H24. The number of hydrogen-bond acceptors (Lipinski definition) is 0. The molecule has 0 saturated heterocycles. The van der Waals surface area contributed by atoms with Gasteiger partial charge < -0.3 is 0 Å². The lowest BCUT2D eigenvalue weighted by Gasteiger charge is -2.18. The Hall–Kier alpha value is -4.94. The van der Waals surface area contributed by atoms with Crippen LogP contribution in [0.3, 0.4) is 0 Å². The lowest BCUT2D eigenvalue weighted by molar-refractivity contribution is 1.66. The van der Waals surface area contributed by atoms with Gasteiger partial charge >= 0.3 is 0 Å². The summed E-state index contributed by atoms with van der Waals surface area (Å²) in [6.07, 6.45) is 0. The molecule has 8 aromatic carbocycles. The molecule has 0 aliphatic heterocycles. The van der Waals surface area contributed by atoms with Crippen molar-refractivity contribution in [3.05, 3.63) is 145 Å². The zero-order valence-electron chi connectivity index (χ0n) is 28.2. The maximum absolute atomic E-state index is 9.15. The largest absolute Gasteiger partial charge is 0.0629 e. The van der Waals surface area contributed by atoms with Crippen LogP contribution in [0, 0.1) is 0 Å². The fourth-order valence-electron chi connectivity index (χ4n) is 5.80. The highest BCUT2D eigenvalue weighted by atomic mass is 14.2. The van der Waals surface area contributed by atoms with Gasteiger partial charge in [-0.15, -0.1) is 0 Å². The van der Waals surface area contributed by atoms with Gasteiger partial charge in [-0.25, -0.2) is 0 Å². The van der Waals surface area contributed by atoms with Crippen molar-refractivity contribution in [2.75, 3.05) is 0 Å². The molecule has 0 heterocycles. The van der Waals surface area contributed by atoms with Crippen LogP contribution in [-0.4, -0.2) is 0 Å². The molecule has 0 heteroatoms. The molecule has 0 bridgehead atoms. The molecule has 0 spiro atoms. The molecule has 0 N–H and O–H groups in total. The van der Waals surface area contributed by atoms with Gasteiger partial charge in [0.25, 0.3) is 0 Å². The van der Waals surface area contributed by atoms with Gasteiger partial charge in [-0.2, -0.15) is 0 Å². The Kier molecular flexibility index (Phi) is 3.21. The van der Waals surface area contributed by atoms with Crippen molar-refractivity contribution in [1.82, 2.24) is 0 Å². The first kappa shape index (κ1) is 14.7.